The molecule has 1 fully saturated rings. The molecule has 128 valence electrons. The Labute approximate surface area is 151 Å². The van der Waals surface area contributed by atoms with Crippen LogP contribution in [0.5, 0.6) is 0 Å². The lowest BCUT2D eigenvalue weighted by Crippen LogP contribution is -2.38. The molecule has 2 aromatic heterocycles. The second-order valence-corrected chi connectivity index (χ2v) is 7.57. The average molecular weight is 351 g/mol. The number of anilines is 1. The van der Waals surface area contributed by atoms with E-state index >= 15 is 0 Å². The number of rotatable bonds is 5. The fraction of sp³-hybridized carbons (Fsp3) is 0.350. The molecule has 3 aromatic rings. The fourth-order valence-corrected chi connectivity index (χ4v) is 4.12. The number of pyridine rings is 1. The molecule has 0 radical (unpaired) electrons. The van der Waals surface area contributed by atoms with Crippen LogP contribution >= 0.6 is 11.3 Å². The minimum absolute atomic E-state index is 0.148. The van der Waals surface area contributed by atoms with Crippen molar-refractivity contribution in [1.82, 2.24) is 9.97 Å². The van der Waals surface area contributed by atoms with E-state index in [1.165, 1.54) is 5.56 Å². The first-order chi connectivity index (χ1) is 12.2. The summed E-state index contributed by atoms with van der Waals surface area (Å²) in [6, 6.07) is 10.3. The highest BCUT2D eigenvalue weighted by Crippen LogP contribution is 2.35. The number of benzene rings is 1. The molecule has 1 saturated carbocycles. The van der Waals surface area contributed by atoms with Gasteiger partial charge in [0.1, 0.15) is 0 Å². The van der Waals surface area contributed by atoms with Gasteiger partial charge in [-0.2, -0.15) is 0 Å². The number of nitrogens with zero attached hydrogens (tertiary/aromatic N) is 3. The van der Waals surface area contributed by atoms with Gasteiger partial charge in [-0.3, -0.25) is 14.7 Å². The third-order valence-corrected chi connectivity index (χ3v) is 5.91. The van der Waals surface area contributed by atoms with Crippen molar-refractivity contribution >= 4 is 32.6 Å². The van der Waals surface area contributed by atoms with Crippen molar-refractivity contribution in [3.8, 4) is 0 Å². The number of thiazole rings is 1. The molecule has 0 aliphatic heterocycles. The molecule has 4 rings (SSSR count). The maximum absolute atomic E-state index is 13.0. The molecular formula is C20H21N3OS. The molecule has 1 amide bonds. The lowest BCUT2D eigenvalue weighted by atomic mass is 9.84. The highest BCUT2D eigenvalue weighted by molar-refractivity contribution is 7.22. The van der Waals surface area contributed by atoms with E-state index in [-0.39, 0.29) is 11.8 Å². The lowest BCUT2D eigenvalue weighted by Gasteiger charge is -2.30. The molecule has 25 heavy (non-hydrogen) atoms. The summed E-state index contributed by atoms with van der Waals surface area (Å²) >= 11 is 1.61. The standard InChI is InChI=1S/C20H21N3OS/c1-2-14-8-9-17-18(11-14)25-20(22-17)23(19(24)16-6-3-7-16)13-15-5-4-10-21-12-15/h4-5,8-12,16H,2-3,6-7,13H2,1H3. The van der Waals surface area contributed by atoms with Crippen molar-refractivity contribution < 1.29 is 4.79 Å². The molecule has 0 saturated heterocycles. The van der Waals surface area contributed by atoms with E-state index in [0.29, 0.717) is 6.54 Å². The molecule has 1 aliphatic rings. The van der Waals surface area contributed by atoms with Gasteiger partial charge in [-0.25, -0.2) is 4.98 Å². The maximum Gasteiger partial charge on any atom is 0.232 e. The van der Waals surface area contributed by atoms with Crippen molar-refractivity contribution in [3.63, 3.8) is 0 Å². The Bertz CT molecular complexity index is 886. The van der Waals surface area contributed by atoms with Crippen LogP contribution in [-0.2, 0) is 17.8 Å². The Hall–Kier alpha value is -2.27. The van der Waals surface area contributed by atoms with Gasteiger partial charge < -0.3 is 0 Å². The minimum Gasteiger partial charge on any atom is -0.283 e. The van der Waals surface area contributed by atoms with Gasteiger partial charge in [-0.1, -0.05) is 36.8 Å². The van der Waals surface area contributed by atoms with Crippen molar-refractivity contribution in [3.05, 3.63) is 53.9 Å². The predicted octanol–water partition coefficient (Wildman–Crippen LogP) is 4.59. The topological polar surface area (TPSA) is 46.1 Å². The SMILES string of the molecule is CCc1ccc2nc(N(Cc3cccnc3)C(=O)C3CCC3)sc2c1. The van der Waals surface area contributed by atoms with Gasteiger partial charge in [-0.05, 0) is 48.6 Å². The Morgan fingerprint density at radius 2 is 2.16 bits per heavy atom. The second-order valence-electron chi connectivity index (χ2n) is 6.57. The smallest absolute Gasteiger partial charge is 0.232 e. The summed E-state index contributed by atoms with van der Waals surface area (Å²) in [6.07, 6.45) is 7.72. The lowest BCUT2D eigenvalue weighted by molar-refractivity contribution is -0.124. The third-order valence-electron chi connectivity index (χ3n) is 4.86. The number of carbonyl (C=O) groups excluding carboxylic acids is 1. The third kappa shape index (κ3) is 3.29. The molecule has 0 unspecified atom stereocenters. The molecule has 4 nitrogen and oxygen atoms in total. The number of carbonyl (C=O) groups is 1. The fourth-order valence-electron chi connectivity index (χ4n) is 3.08. The summed E-state index contributed by atoms with van der Waals surface area (Å²) in [4.78, 5) is 23.8. The summed E-state index contributed by atoms with van der Waals surface area (Å²) < 4.78 is 1.15. The number of aromatic nitrogens is 2. The van der Waals surface area contributed by atoms with Crippen LogP contribution in [0.25, 0.3) is 10.2 Å². The molecule has 2 heterocycles. The molecule has 0 N–H and O–H groups in total. The van der Waals surface area contributed by atoms with Gasteiger partial charge >= 0.3 is 0 Å². The molecule has 1 aliphatic carbocycles. The van der Waals surface area contributed by atoms with Gasteiger partial charge in [0.25, 0.3) is 0 Å². The summed E-state index contributed by atoms with van der Waals surface area (Å²) in [5.41, 5.74) is 3.30. The van der Waals surface area contributed by atoms with Gasteiger partial charge in [0.2, 0.25) is 5.91 Å². The van der Waals surface area contributed by atoms with Crippen LogP contribution in [-0.4, -0.2) is 15.9 Å². The number of hydrogen-bond acceptors (Lipinski definition) is 4. The van der Waals surface area contributed by atoms with Crippen LogP contribution in [0.15, 0.2) is 42.7 Å². The molecular weight excluding hydrogens is 330 g/mol. The summed E-state index contributed by atoms with van der Waals surface area (Å²) in [5.74, 6) is 0.347. The zero-order valence-corrected chi connectivity index (χ0v) is 15.1. The Morgan fingerprint density at radius 3 is 2.84 bits per heavy atom. The van der Waals surface area contributed by atoms with E-state index in [0.717, 1.165) is 46.6 Å². The first kappa shape index (κ1) is 16.2. The average Bonchev–Trinajstić information content (AvgIpc) is 3.01. The molecule has 0 bridgehead atoms. The van der Waals surface area contributed by atoms with Crippen molar-refractivity contribution in [2.24, 2.45) is 5.92 Å². The van der Waals surface area contributed by atoms with Gasteiger partial charge in [0.05, 0.1) is 16.8 Å². The summed E-state index contributed by atoms with van der Waals surface area (Å²) in [6.45, 7) is 2.68. The number of hydrogen-bond donors (Lipinski definition) is 0. The quantitative estimate of drug-likeness (QED) is 0.675. The first-order valence-corrected chi connectivity index (χ1v) is 9.66. The van der Waals surface area contributed by atoms with Crippen LogP contribution in [0.2, 0.25) is 0 Å². The van der Waals surface area contributed by atoms with Crippen LogP contribution in [0.3, 0.4) is 0 Å². The van der Waals surface area contributed by atoms with Crippen LogP contribution < -0.4 is 4.90 Å². The van der Waals surface area contributed by atoms with Crippen LogP contribution in [0.4, 0.5) is 5.13 Å². The van der Waals surface area contributed by atoms with Crippen molar-refractivity contribution in [2.45, 2.75) is 39.2 Å². The zero-order valence-electron chi connectivity index (χ0n) is 14.3. The van der Waals surface area contributed by atoms with Gasteiger partial charge in [0, 0.05) is 18.3 Å². The normalized spacial score (nSPS) is 14.4. The first-order valence-electron chi connectivity index (χ1n) is 8.84. The minimum atomic E-state index is 0.148. The number of fused-ring (bicyclic) bond motifs is 1. The van der Waals surface area contributed by atoms with Gasteiger partial charge in [0.15, 0.2) is 5.13 Å². The Balaban J connectivity index is 1.70. The predicted molar refractivity (Wildman–Crippen MR) is 102 cm³/mol. The summed E-state index contributed by atoms with van der Waals surface area (Å²) in [7, 11) is 0. The summed E-state index contributed by atoms with van der Waals surface area (Å²) in [5, 5.41) is 0.795. The number of amides is 1. The van der Waals surface area contributed by atoms with E-state index < -0.39 is 0 Å². The zero-order chi connectivity index (χ0) is 17.2. The van der Waals surface area contributed by atoms with E-state index in [2.05, 4.69) is 30.1 Å². The van der Waals surface area contributed by atoms with E-state index in [9.17, 15) is 4.79 Å². The van der Waals surface area contributed by atoms with E-state index in [1.807, 2.05) is 23.2 Å². The molecule has 5 heteroatoms. The second kappa shape index (κ2) is 6.92. The van der Waals surface area contributed by atoms with E-state index in [4.69, 9.17) is 4.98 Å². The number of aryl methyl sites for hydroxylation is 1. The monoisotopic (exact) mass is 351 g/mol. The van der Waals surface area contributed by atoms with Crippen LogP contribution in [0, 0.1) is 5.92 Å². The van der Waals surface area contributed by atoms with Crippen LogP contribution in [0.1, 0.15) is 37.3 Å². The largest absolute Gasteiger partial charge is 0.283 e. The molecule has 0 atom stereocenters. The van der Waals surface area contributed by atoms with Crippen molar-refractivity contribution in [1.29, 1.82) is 0 Å². The highest BCUT2D eigenvalue weighted by Gasteiger charge is 2.31. The Kier molecular flexibility index (Phi) is 4.49. The maximum atomic E-state index is 13.0. The van der Waals surface area contributed by atoms with Crippen molar-refractivity contribution in [2.75, 3.05) is 4.90 Å². The molecule has 0 spiro atoms. The van der Waals surface area contributed by atoms with E-state index in [1.54, 1.807) is 17.5 Å². The Morgan fingerprint density at radius 1 is 1.28 bits per heavy atom. The molecule has 1 aromatic carbocycles. The van der Waals surface area contributed by atoms with Gasteiger partial charge in [-0.15, -0.1) is 0 Å². The highest BCUT2D eigenvalue weighted by atomic mass is 32.1.